The molecule has 3 nitrogen and oxygen atoms in total. The number of benzene rings is 1. The summed E-state index contributed by atoms with van der Waals surface area (Å²) >= 11 is 0. The number of nitrogens with one attached hydrogen (secondary N) is 1. The zero-order chi connectivity index (χ0) is 13.8. The van der Waals surface area contributed by atoms with Gasteiger partial charge in [0.1, 0.15) is 5.82 Å². The van der Waals surface area contributed by atoms with Crippen LogP contribution in [0.25, 0.3) is 0 Å². The Labute approximate surface area is 113 Å². The summed E-state index contributed by atoms with van der Waals surface area (Å²) in [6.45, 7) is 2.22. The predicted octanol–water partition coefficient (Wildman–Crippen LogP) is 3.60. The van der Waals surface area contributed by atoms with Crippen molar-refractivity contribution in [1.29, 1.82) is 0 Å². The average molecular weight is 265 g/mol. The highest BCUT2D eigenvalue weighted by molar-refractivity contribution is 5.95. The maximum absolute atomic E-state index is 13.4. The lowest BCUT2D eigenvalue weighted by Crippen LogP contribution is -2.27. The molecular formula is C15H20FNO2. The van der Waals surface area contributed by atoms with Crippen LogP contribution in [-0.2, 0) is 4.74 Å². The first-order valence-corrected chi connectivity index (χ1v) is 6.74. The topological polar surface area (TPSA) is 38.3 Å². The van der Waals surface area contributed by atoms with Crippen molar-refractivity contribution in [1.82, 2.24) is 0 Å². The molecule has 2 atom stereocenters. The lowest BCUT2D eigenvalue weighted by atomic mass is 9.87. The Hall–Kier alpha value is -1.58. The van der Waals surface area contributed by atoms with E-state index < -0.39 is 5.97 Å². The van der Waals surface area contributed by atoms with Crippen LogP contribution in [0, 0.1) is 11.7 Å². The average Bonchev–Trinajstić information content (AvgIpc) is 2.38. The van der Waals surface area contributed by atoms with Gasteiger partial charge in [0.25, 0.3) is 0 Å². The van der Waals surface area contributed by atoms with Crippen LogP contribution in [0.1, 0.15) is 43.0 Å². The van der Waals surface area contributed by atoms with E-state index in [4.69, 9.17) is 4.74 Å². The second-order valence-electron chi connectivity index (χ2n) is 5.29. The highest BCUT2D eigenvalue weighted by Gasteiger charge is 2.21. The van der Waals surface area contributed by atoms with Crippen molar-refractivity contribution in [3.05, 3.63) is 29.6 Å². The van der Waals surface area contributed by atoms with Crippen molar-refractivity contribution in [2.45, 2.75) is 38.6 Å². The molecule has 0 heterocycles. The molecule has 2 rings (SSSR count). The van der Waals surface area contributed by atoms with Crippen LogP contribution in [0.3, 0.4) is 0 Å². The lowest BCUT2D eigenvalue weighted by molar-refractivity contribution is 0.0601. The van der Waals surface area contributed by atoms with Gasteiger partial charge >= 0.3 is 5.97 Å². The van der Waals surface area contributed by atoms with Crippen molar-refractivity contribution in [3.63, 3.8) is 0 Å². The molecule has 0 aliphatic heterocycles. The summed E-state index contributed by atoms with van der Waals surface area (Å²) < 4.78 is 18.1. The summed E-state index contributed by atoms with van der Waals surface area (Å²) in [5.41, 5.74) is 0.924. The molecule has 4 heteroatoms. The van der Waals surface area contributed by atoms with Crippen LogP contribution >= 0.6 is 0 Å². The fourth-order valence-electron chi connectivity index (χ4n) is 2.71. The number of anilines is 1. The first-order chi connectivity index (χ1) is 9.10. The van der Waals surface area contributed by atoms with Crippen LogP contribution in [-0.4, -0.2) is 19.1 Å². The molecule has 1 aromatic carbocycles. The van der Waals surface area contributed by atoms with Crippen molar-refractivity contribution in [3.8, 4) is 0 Å². The molecular weight excluding hydrogens is 245 g/mol. The molecule has 1 aliphatic rings. The third-order valence-corrected chi connectivity index (χ3v) is 3.68. The maximum Gasteiger partial charge on any atom is 0.339 e. The van der Waals surface area contributed by atoms with Gasteiger partial charge in [0, 0.05) is 6.04 Å². The lowest BCUT2D eigenvalue weighted by Gasteiger charge is -2.28. The van der Waals surface area contributed by atoms with E-state index in [9.17, 15) is 9.18 Å². The van der Waals surface area contributed by atoms with Gasteiger partial charge in [0.15, 0.2) is 0 Å². The summed E-state index contributed by atoms with van der Waals surface area (Å²) in [5.74, 6) is -0.119. The smallest absolute Gasteiger partial charge is 0.339 e. The summed E-state index contributed by atoms with van der Waals surface area (Å²) in [6, 6.07) is 4.41. The molecule has 0 spiro atoms. The highest BCUT2D eigenvalue weighted by Crippen LogP contribution is 2.28. The van der Waals surface area contributed by atoms with Crippen LogP contribution in [0.15, 0.2) is 18.2 Å². The number of carbonyl (C=O) groups excluding carboxylic acids is 1. The Bertz CT molecular complexity index is 461. The van der Waals surface area contributed by atoms with Gasteiger partial charge in [0.2, 0.25) is 0 Å². The minimum absolute atomic E-state index is 0.300. The monoisotopic (exact) mass is 265 g/mol. The van der Waals surface area contributed by atoms with E-state index in [1.165, 1.54) is 38.2 Å². The molecule has 0 aromatic heterocycles. The normalized spacial score (nSPS) is 22.9. The Morgan fingerprint density at radius 2 is 2.21 bits per heavy atom. The number of halogens is 1. The molecule has 104 valence electrons. The van der Waals surface area contributed by atoms with Crippen LogP contribution in [0.5, 0.6) is 0 Å². The summed E-state index contributed by atoms with van der Waals surface area (Å²) in [6.07, 6.45) is 4.52. The van der Waals surface area contributed by atoms with Crippen molar-refractivity contribution < 1.29 is 13.9 Å². The maximum atomic E-state index is 13.4. The number of ether oxygens (including phenoxy) is 1. The first kappa shape index (κ1) is 13.8. The minimum Gasteiger partial charge on any atom is -0.465 e. The van der Waals surface area contributed by atoms with Crippen LogP contribution < -0.4 is 5.32 Å². The van der Waals surface area contributed by atoms with Gasteiger partial charge in [-0.1, -0.05) is 19.8 Å². The Balaban J connectivity index is 2.18. The Kier molecular flexibility index (Phi) is 4.40. The molecule has 1 aliphatic carbocycles. The Morgan fingerprint density at radius 1 is 1.42 bits per heavy atom. The second kappa shape index (κ2) is 6.04. The minimum atomic E-state index is -0.439. The van der Waals surface area contributed by atoms with Crippen LogP contribution in [0.4, 0.5) is 10.1 Å². The van der Waals surface area contributed by atoms with Gasteiger partial charge in [-0.3, -0.25) is 0 Å². The van der Waals surface area contributed by atoms with Crippen molar-refractivity contribution >= 4 is 11.7 Å². The SMILES string of the molecule is COC(=O)c1ccc(F)cc1NC1CCCC(C)C1. The number of rotatable bonds is 3. The summed E-state index contributed by atoms with van der Waals surface area (Å²) in [7, 11) is 1.33. The van der Waals surface area contributed by atoms with Crippen molar-refractivity contribution in [2.75, 3.05) is 12.4 Å². The van der Waals surface area contributed by atoms with E-state index in [-0.39, 0.29) is 5.82 Å². The third-order valence-electron chi connectivity index (χ3n) is 3.68. The number of esters is 1. The van der Waals surface area contributed by atoms with Gasteiger partial charge in [-0.15, -0.1) is 0 Å². The molecule has 1 saturated carbocycles. The van der Waals surface area contributed by atoms with E-state index in [2.05, 4.69) is 12.2 Å². The van der Waals surface area contributed by atoms with Crippen LogP contribution in [0.2, 0.25) is 0 Å². The molecule has 0 bridgehead atoms. The zero-order valence-corrected chi connectivity index (χ0v) is 11.4. The first-order valence-electron chi connectivity index (χ1n) is 6.74. The van der Waals surface area contributed by atoms with Crippen molar-refractivity contribution in [2.24, 2.45) is 5.92 Å². The van der Waals surface area contributed by atoms with Gasteiger partial charge in [-0.05, 0) is 37.0 Å². The molecule has 1 N–H and O–H groups in total. The zero-order valence-electron chi connectivity index (χ0n) is 11.4. The van der Waals surface area contributed by atoms with E-state index in [1.807, 2.05) is 0 Å². The van der Waals surface area contributed by atoms with E-state index in [0.717, 1.165) is 12.8 Å². The number of carbonyl (C=O) groups is 1. The fraction of sp³-hybridized carbons (Fsp3) is 0.533. The number of hydrogen-bond acceptors (Lipinski definition) is 3. The number of methoxy groups -OCH3 is 1. The molecule has 0 amide bonds. The summed E-state index contributed by atoms with van der Waals surface area (Å²) in [5, 5.41) is 3.30. The molecule has 19 heavy (non-hydrogen) atoms. The standard InChI is InChI=1S/C15H20FNO2/c1-10-4-3-5-12(8-10)17-14-9-11(16)6-7-13(14)15(18)19-2/h6-7,9-10,12,17H,3-5,8H2,1-2H3. The van der Waals surface area contributed by atoms with Gasteiger partial charge in [-0.2, -0.15) is 0 Å². The number of hydrogen-bond donors (Lipinski definition) is 1. The molecule has 1 aromatic rings. The van der Waals surface area contributed by atoms with E-state index in [0.29, 0.717) is 23.2 Å². The highest BCUT2D eigenvalue weighted by atomic mass is 19.1. The third kappa shape index (κ3) is 3.46. The molecule has 2 unspecified atom stereocenters. The molecule has 1 fully saturated rings. The van der Waals surface area contributed by atoms with Gasteiger partial charge in [0.05, 0.1) is 18.4 Å². The van der Waals surface area contributed by atoms with E-state index in [1.54, 1.807) is 0 Å². The Morgan fingerprint density at radius 3 is 2.89 bits per heavy atom. The predicted molar refractivity (Wildman–Crippen MR) is 72.8 cm³/mol. The largest absolute Gasteiger partial charge is 0.465 e. The quantitative estimate of drug-likeness (QED) is 0.849. The fourth-order valence-corrected chi connectivity index (χ4v) is 2.71. The van der Waals surface area contributed by atoms with Gasteiger partial charge < -0.3 is 10.1 Å². The van der Waals surface area contributed by atoms with E-state index >= 15 is 0 Å². The second-order valence-corrected chi connectivity index (χ2v) is 5.29. The molecule has 0 saturated heterocycles. The summed E-state index contributed by atoms with van der Waals surface area (Å²) in [4.78, 5) is 11.7. The molecule has 0 radical (unpaired) electrons. The van der Waals surface area contributed by atoms with Gasteiger partial charge in [-0.25, -0.2) is 9.18 Å².